The van der Waals surface area contributed by atoms with E-state index in [1.165, 1.54) is 27.1 Å². The third-order valence-corrected chi connectivity index (χ3v) is 8.21. The smallest absolute Gasteiger partial charge is 0.0780 e. The van der Waals surface area contributed by atoms with E-state index in [1.807, 2.05) is 12.3 Å². The molecule has 2 nitrogen and oxygen atoms in total. The van der Waals surface area contributed by atoms with Crippen molar-refractivity contribution in [2.75, 3.05) is 4.90 Å². The van der Waals surface area contributed by atoms with Gasteiger partial charge in [0.15, 0.2) is 0 Å². The topological polar surface area (TPSA) is 16.1 Å². The standard InChI is InChI=1S/C38H27N2Si/c41-38(29-11-3-1-4-12-29)35-21-8-13-27-22-23-33(26-36(27)35)40(31-17-5-2-6-18-31)32-19-7-15-30(25-32)34-20-9-14-28-16-10-24-39-37(28)34/h1-26,41H. The predicted octanol–water partition coefficient (Wildman–Crippen LogP) is 8.99. The van der Waals surface area contributed by atoms with E-state index in [9.17, 15) is 0 Å². The summed E-state index contributed by atoms with van der Waals surface area (Å²) in [6, 6.07) is 53.7. The van der Waals surface area contributed by atoms with Crippen molar-refractivity contribution in [3.05, 3.63) is 169 Å². The molecule has 0 fully saturated rings. The van der Waals surface area contributed by atoms with Crippen LogP contribution in [0.25, 0.3) is 32.8 Å². The molecular weight excluding hydrogens is 513 g/mol. The van der Waals surface area contributed by atoms with E-state index in [0.29, 0.717) is 0 Å². The highest BCUT2D eigenvalue weighted by Gasteiger charge is 2.16. The van der Waals surface area contributed by atoms with Gasteiger partial charge in [0.2, 0.25) is 0 Å². The molecule has 0 atom stereocenters. The first-order valence-corrected chi connectivity index (χ1v) is 14.3. The number of para-hydroxylation sites is 2. The number of benzene rings is 6. The molecule has 41 heavy (non-hydrogen) atoms. The molecular formula is C38H27N2Si. The van der Waals surface area contributed by atoms with E-state index in [1.54, 1.807) is 0 Å². The van der Waals surface area contributed by atoms with Crippen LogP contribution in [0, 0.1) is 0 Å². The van der Waals surface area contributed by atoms with Crippen LogP contribution in [-0.4, -0.2) is 20.0 Å². The first kappa shape index (κ1) is 24.9. The number of anilines is 3. The van der Waals surface area contributed by atoms with Crippen molar-refractivity contribution in [1.82, 2.24) is 4.98 Å². The van der Waals surface area contributed by atoms with E-state index in [-0.39, 0.29) is 0 Å². The molecule has 0 saturated carbocycles. The Morgan fingerprint density at radius 2 is 1.22 bits per heavy atom. The zero-order chi connectivity index (χ0) is 27.6. The lowest BCUT2D eigenvalue weighted by Crippen LogP contribution is -2.10. The van der Waals surface area contributed by atoms with Crippen LogP contribution >= 0.6 is 0 Å². The number of fused-ring (bicyclic) bond motifs is 2. The molecule has 0 amide bonds. The molecule has 1 aromatic heterocycles. The van der Waals surface area contributed by atoms with Crippen LogP contribution in [-0.2, 0) is 0 Å². The second-order valence-corrected chi connectivity index (χ2v) is 10.7. The van der Waals surface area contributed by atoms with E-state index in [4.69, 9.17) is 4.98 Å². The number of pyridine rings is 1. The van der Waals surface area contributed by atoms with Crippen LogP contribution in [0.1, 0.15) is 11.1 Å². The van der Waals surface area contributed by atoms with Gasteiger partial charge in [-0.2, -0.15) is 0 Å². The maximum Gasteiger partial charge on any atom is 0.0780 e. The summed E-state index contributed by atoms with van der Waals surface area (Å²) < 4.78 is 0. The Morgan fingerprint density at radius 1 is 0.537 bits per heavy atom. The third kappa shape index (κ3) is 4.77. The molecule has 7 rings (SSSR count). The molecule has 0 unspecified atom stereocenters. The maximum absolute atomic E-state index is 4.72. The van der Waals surface area contributed by atoms with Gasteiger partial charge in [0.1, 0.15) is 0 Å². The minimum absolute atomic E-state index is 1.01. The summed E-state index contributed by atoms with van der Waals surface area (Å²) in [5.41, 5.74) is 9.00. The number of hydrogen-bond donors (Lipinski definition) is 0. The van der Waals surface area contributed by atoms with Gasteiger partial charge in [0.05, 0.1) is 5.52 Å². The van der Waals surface area contributed by atoms with Crippen molar-refractivity contribution in [3.8, 4) is 11.1 Å². The SMILES string of the molecule is [SiH]=C(c1ccccc1)c1cccc2ccc(N(c3ccccc3)c3cccc(-c4cccc5cccnc45)c3)cc12. The van der Waals surface area contributed by atoms with Crippen LogP contribution in [0.5, 0.6) is 0 Å². The molecule has 0 spiro atoms. The first-order chi connectivity index (χ1) is 20.3. The van der Waals surface area contributed by atoms with E-state index in [2.05, 4.69) is 160 Å². The fourth-order valence-electron chi connectivity index (χ4n) is 5.58. The Kier molecular flexibility index (Phi) is 6.56. The monoisotopic (exact) mass is 539 g/mol. The highest BCUT2D eigenvalue weighted by atomic mass is 28.1. The van der Waals surface area contributed by atoms with Crippen LogP contribution in [0.2, 0.25) is 0 Å². The number of hydrogen-bond acceptors (Lipinski definition) is 2. The van der Waals surface area contributed by atoms with Gasteiger partial charge in [0.25, 0.3) is 0 Å². The van der Waals surface area contributed by atoms with Crippen molar-refractivity contribution in [2.24, 2.45) is 0 Å². The molecule has 0 N–H and O–H groups in total. The fraction of sp³-hybridized carbons (Fsp3) is 0. The molecule has 0 aliphatic carbocycles. The largest absolute Gasteiger partial charge is 0.310 e. The highest BCUT2D eigenvalue weighted by molar-refractivity contribution is 6.51. The zero-order valence-electron chi connectivity index (χ0n) is 22.5. The second kappa shape index (κ2) is 10.8. The van der Waals surface area contributed by atoms with Gasteiger partial charge < -0.3 is 4.90 Å². The lowest BCUT2D eigenvalue weighted by molar-refractivity contribution is 1.29. The van der Waals surface area contributed by atoms with Crippen LogP contribution in [0.4, 0.5) is 17.1 Å². The predicted molar refractivity (Wildman–Crippen MR) is 176 cm³/mol. The summed E-state index contributed by atoms with van der Waals surface area (Å²) in [6.45, 7) is 0. The van der Waals surface area contributed by atoms with Gasteiger partial charge >= 0.3 is 0 Å². The molecule has 1 radical (unpaired) electrons. The van der Waals surface area contributed by atoms with E-state index >= 15 is 0 Å². The minimum atomic E-state index is 1.01. The summed E-state index contributed by atoms with van der Waals surface area (Å²) >= 11 is 0. The lowest BCUT2D eigenvalue weighted by Gasteiger charge is -2.26. The zero-order valence-corrected chi connectivity index (χ0v) is 23.6. The second-order valence-electron chi connectivity index (χ2n) is 10.1. The van der Waals surface area contributed by atoms with Gasteiger partial charge in [-0.1, -0.05) is 109 Å². The summed E-state index contributed by atoms with van der Waals surface area (Å²) in [7, 11) is 2.97. The normalized spacial score (nSPS) is 11.0. The van der Waals surface area contributed by atoms with Crippen molar-refractivity contribution >= 4 is 53.8 Å². The molecule has 0 aliphatic rings. The van der Waals surface area contributed by atoms with Crippen molar-refractivity contribution in [1.29, 1.82) is 0 Å². The summed E-state index contributed by atoms with van der Waals surface area (Å²) in [4.78, 5) is 7.05. The minimum Gasteiger partial charge on any atom is -0.310 e. The fourth-order valence-corrected chi connectivity index (χ4v) is 6.03. The highest BCUT2D eigenvalue weighted by Crippen LogP contribution is 2.39. The Bertz CT molecular complexity index is 2010. The Labute approximate surface area is 243 Å². The summed E-state index contributed by atoms with van der Waals surface area (Å²) in [5, 5.41) is 4.75. The maximum atomic E-state index is 4.72. The van der Waals surface area contributed by atoms with Crippen LogP contribution in [0.15, 0.2) is 158 Å². The molecule has 0 bridgehead atoms. The Balaban J connectivity index is 1.39. The number of rotatable bonds is 6. The van der Waals surface area contributed by atoms with Crippen molar-refractivity contribution in [2.45, 2.75) is 0 Å². The molecule has 6 aromatic carbocycles. The number of aromatic nitrogens is 1. The summed E-state index contributed by atoms with van der Waals surface area (Å²) in [5.74, 6) is 0. The molecule has 0 aliphatic heterocycles. The van der Waals surface area contributed by atoms with E-state index < -0.39 is 0 Å². The lowest BCUT2D eigenvalue weighted by atomic mass is 9.97. The molecule has 193 valence electrons. The average Bonchev–Trinajstić information content (AvgIpc) is 3.05. The first-order valence-electron chi connectivity index (χ1n) is 13.8. The van der Waals surface area contributed by atoms with Gasteiger partial charge in [0, 0.05) is 44.1 Å². The summed E-state index contributed by atoms with van der Waals surface area (Å²) in [6.07, 6.45) is 1.87. The van der Waals surface area contributed by atoms with Crippen molar-refractivity contribution < 1.29 is 0 Å². The average molecular weight is 540 g/mol. The van der Waals surface area contributed by atoms with E-state index in [0.717, 1.165) is 39.1 Å². The quantitative estimate of drug-likeness (QED) is 0.196. The number of nitrogens with zero attached hydrogens (tertiary/aromatic N) is 2. The molecule has 3 heteroatoms. The van der Waals surface area contributed by atoms with Gasteiger partial charge in [-0.25, -0.2) is 0 Å². The third-order valence-electron chi connectivity index (χ3n) is 7.56. The van der Waals surface area contributed by atoms with Crippen LogP contribution in [0.3, 0.4) is 0 Å². The Hall–Kier alpha value is -5.12. The molecule has 1 heterocycles. The molecule has 0 saturated heterocycles. The van der Waals surface area contributed by atoms with Crippen LogP contribution < -0.4 is 4.90 Å². The van der Waals surface area contributed by atoms with Gasteiger partial charge in [-0.05, 0) is 75.1 Å². The Morgan fingerprint density at radius 3 is 2.07 bits per heavy atom. The van der Waals surface area contributed by atoms with Gasteiger partial charge in [-0.15, -0.1) is 0 Å². The van der Waals surface area contributed by atoms with Crippen molar-refractivity contribution in [3.63, 3.8) is 0 Å². The molecule has 7 aromatic rings. The van der Waals surface area contributed by atoms with Gasteiger partial charge in [-0.3, -0.25) is 4.98 Å².